The fourth-order valence-electron chi connectivity index (χ4n) is 3.45. The number of halogens is 5. The molecular formula is C20H19ClF4N2O3S. The van der Waals surface area contributed by atoms with Gasteiger partial charge in [-0.25, -0.2) is 12.8 Å². The van der Waals surface area contributed by atoms with Crippen molar-refractivity contribution < 1.29 is 30.8 Å². The van der Waals surface area contributed by atoms with Gasteiger partial charge in [0.05, 0.1) is 28.4 Å². The Bertz CT molecular complexity index is 1120. The molecule has 0 saturated heterocycles. The molecule has 0 atom stereocenters. The van der Waals surface area contributed by atoms with E-state index in [9.17, 15) is 30.8 Å². The van der Waals surface area contributed by atoms with Gasteiger partial charge in [-0.3, -0.25) is 4.79 Å². The summed E-state index contributed by atoms with van der Waals surface area (Å²) in [5, 5.41) is 2.75. The Labute approximate surface area is 182 Å². The highest BCUT2D eigenvalue weighted by Crippen LogP contribution is 2.35. The van der Waals surface area contributed by atoms with E-state index in [0.717, 1.165) is 12.1 Å². The van der Waals surface area contributed by atoms with Crippen LogP contribution in [-0.4, -0.2) is 30.9 Å². The lowest BCUT2D eigenvalue weighted by atomic mass is 9.98. The summed E-state index contributed by atoms with van der Waals surface area (Å²) < 4.78 is 78.5. The number of nitrogens with zero attached hydrogens (tertiary/aromatic N) is 1. The first-order chi connectivity index (χ1) is 14.4. The van der Waals surface area contributed by atoms with Gasteiger partial charge in [-0.1, -0.05) is 29.8 Å². The molecule has 0 saturated carbocycles. The van der Waals surface area contributed by atoms with Crippen molar-refractivity contribution in [2.24, 2.45) is 0 Å². The van der Waals surface area contributed by atoms with E-state index in [-0.39, 0.29) is 29.6 Å². The third-order valence-corrected chi connectivity index (χ3v) is 7.22. The van der Waals surface area contributed by atoms with Crippen molar-refractivity contribution >= 4 is 33.2 Å². The molecule has 31 heavy (non-hydrogen) atoms. The highest BCUT2D eigenvalue weighted by molar-refractivity contribution is 7.89. The molecule has 3 rings (SSSR count). The number of carbonyl (C=O) groups is 1. The number of hydrogen-bond donors (Lipinski definition) is 1. The monoisotopic (exact) mass is 478 g/mol. The van der Waals surface area contributed by atoms with Gasteiger partial charge in [0.2, 0.25) is 15.9 Å². The molecule has 0 bridgehead atoms. The van der Waals surface area contributed by atoms with Gasteiger partial charge < -0.3 is 5.32 Å². The van der Waals surface area contributed by atoms with E-state index in [1.54, 1.807) is 13.0 Å². The molecule has 0 radical (unpaired) electrons. The van der Waals surface area contributed by atoms with Gasteiger partial charge in [-0.15, -0.1) is 0 Å². The molecule has 0 fully saturated rings. The maximum absolute atomic E-state index is 14.2. The van der Waals surface area contributed by atoms with Crippen molar-refractivity contribution in [1.29, 1.82) is 0 Å². The molecule has 5 nitrogen and oxygen atoms in total. The normalized spacial score (nSPS) is 14.9. The SMILES string of the molecule is CCS(=O)(=O)N1CCc2c(ccc(Cl)c2NC(=O)Cc2cccc(C(F)(F)F)c2F)C1. The zero-order valence-corrected chi connectivity index (χ0v) is 18.0. The minimum Gasteiger partial charge on any atom is -0.324 e. The number of nitrogens with one attached hydrogen (secondary N) is 1. The Morgan fingerprint density at radius 3 is 2.58 bits per heavy atom. The number of fused-ring (bicyclic) bond motifs is 1. The molecule has 1 aliphatic rings. The number of amides is 1. The van der Waals surface area contributed by atoms with E-state index in [1.807, 2.05) is 0 Å². The van der Waals surface area contributed by atoms with Crippen LogP contribution in [0.4, 0.5) is 23.2 Å². The van der Waals surface area contributed by atoms with Gasteiger partial charge in [0, 0.05) is 13.1 Å². The number of sulfonamides is 1. The van der Waals surface area contributed by atoms with Crippen LogP contribution in [-0.2, 0) is 40.4 Å². The standard InChI is InChI=1S/C20H19ClF4N2O3S/c1-2-31(29,30)27-9-8-14-13(11-27)6-7-16(21)19(14)26-17(28)10-12-4-3-5-15(18(12)22)20(23,24)25/h3-7H,2,8-11H2,1H3,(H,26,28). The van der Waals surface area contributed by atoms with Crippen LogP contribution in [0.25, 0.3) is 0 Å². The molecule has 1 aliphatic heterocycles. The first kappa shape index (κ1) is 23.5. The highest BCUT2D eigenvalue weighted by atomic mass is 35.5. The van der Waals surface area contributed by atoms with Gasteiger partial charge in [-0.05, 0) is 42.2 Å². The summed E-state index contributed by atoms with van der Waals surface area (Å²) in [5.74, 6) is -2.27. The van der Waals surface area contributed by atoms with E-state index in [1.165, 1.54) is 10.4 Å². The lowest BCUT2D eigenvalue weighted by Gasteiger charge is -2.29. The second-order valence-corrected chi connectivity index (χ2v) is 9.71. The lowest BCUT2D eigenvalue weighted by molar-refractivity contribution is -0.140. The molecular weight excluding hydrogens is 460 g/mol. The molecule has 1 heterocycles. The van der Waals surface area contributed by atoms with Crippen LogP contribution in [0.5, 0.6) is 0 Å². The zero-order valence-electron chi connectivity index (χ0n) is 16.4. The van der Waals surface area contributed by atoms with Crippen molar-refractivity contribution in [1.82, 2.24) is 4.31 Å². The predicted molar refractivity (Wildman–Crippen MR) is 109 cm³/mol. The number of rotatable bonds is 5. The van der Waals surface area contributed by atoms with Crippen LogP contribution in [0.2, 0.25) is 5.02 Å². The second-order valence-electron chi connectivity index (χ2n) is 7.05. The molecule has 0 aliphatic carbocycles. The fourth-order valence-corrected chi connectivity index (χ4v) is 4.74. The van der Waals surface area contributed by atoms with Crippen molar-refractivity contribution in [2.75, 3.05) is 17.6 Å². The van der Waals surface area contributed by atoms with Crippen molar-refractivity contribution in [3.05, 3.63) is 63.4 Å². The number of anilines is 1. The molecule has 0 unspecified atom stereocenters. The van der Waals surface area contributed by atoms with Gasteiger partial charge in [0.1, 0.15) is 5.82 Å². The summed E-state index contributed by atoms with van der Waals surface area (Å²) in [7, 11) is -3.39. The summed E-state index contributed by atoms with van der Waals surface area (Å²) in [6.07, 6.45) is -5.20. The van der Waals surface area contributed by atoms with Crippen molar-refractivity contribution in [3.8, 4) is 0 Å². The summed E-state index contributed by atoms with van der Waals surface area (Å²) in [6.45, 7) is 1.87. The summed E-state index contributed by atoms with van der Waals surface area (Å²) in [6, 6.07) is 5.92. The fraction of sp³-hybridized carbons (Fsp3) is 0.350. The smallest absolute Gasteiger partial charge is 0.324 e. The van der Waals surface area contributed by atoms with E-state index in [2.05, 4.69) is 5.32 Å². The van der Waals surface area contributed by atoms with Crippen LogP contribution >= 0.6 is 11.6 Å². The third-order valence-electron chi connectivity index (χ3n) is 5.07. The average Bonchev–Trinajstić information content (AvgIpc) is 2.70. The Balaban J connectivity index is 1.83. The van der Waals surface area contributed by atoms with E-state index < -0.39 is 45.5 Å². The molecule has 0 spiro atoms. The van der Waals surface area contributed by atoms with E-state index in [4.69, 9.17) is 11.6 Å². The van der Waals surface area contributed by atoms with Gasteiger partial charge in [0.15, 0.2) is 0 Å². The minimum atomic E-state index is -4.87. The second kappa shape index (κ2) is 8.76. The Hall–Kier alpha value is -2.17. The van der Waals surface area contributed by atoms with E-state index in [0.29, 0.717) is 23.6 Å². The lowest BCUT2D eigenvalue weighted by Crippen LogP contribution is -2.37. The molecule has 1 amide bonds. The molecule has 0 aromatic heterocycles. The molecule has 2 aromatic carbocycles. The zero-order chi connectivity index (χ0) is 23.0. The summed E-state index contributed by atoms with van der Waals surface area (Å²) >= 11 is 6.21. The third kappa shape index (κ3) is 5.02. The van der Waals surface area contributed by atoms with Gasteiger partial charge >= 0.3 is 6.18 Å². The number of benzene rings is 2. The van der Waals surface area contributed by atoms with Crippen LogP contribution in [0.1, 0.15) is 29.2 Å². The minimum absolute atomic E-state index is 0.0396. The topological polar surface area (TPSA) is 66.5 Å². The highest BCUT2D eigenvalue weighted by Gasteiger charge is 2.35. The van der Waals surface area contributed by atoms with E-state index >= 15 is 0 Å². The maximum atomic E-state index is 14.2. The van der Waals surface area contributed by atoms with Crippen LogP contribution in [0.15, 0.2) is 30.3 Å². The van der Waals surface area contributed by atoms with Crippen molar-refractivity contribution in [2.45, 2.75) is 32.5 Å². The Morgan fingerprint density at radius 2 is 1.94 bits per heavy atom. The first-order valence-electron chi connectivity index (χ1n) is 9.36. The molecule has 1 N–H and O–H groups in total. The maximum Gasteiger partial charge on any atom is 0.419 e. The van der Waals surface area contributed by atoms with Crippen molar-refractivity contribution in [3.63, 3.8) is 0 Å². The van der Waals surface area contributed by atoms with Crippen LogP contribution in [0, 0.1) is 5.82 Å². The molecule has 2 aromatic rings. The Kier molecular flexibility index (Phi) is 6.64. The summed E-state index contributed by atoms with van der Waals surface area (Å²) in [4.78, 5) is 12.5. The Morgan fingerprint density at radius 1 is 1.23 bits per heavy atom. The van der Waals surface area contributed by atoms with Crippen LogP contribution in [0.3, 0.4) is 0 Å². The first-order valence-corrected chi connectivity index (χ1v) is 11.3. The average molecular weight is 479 g/mol. The summed E-state index contributed by atoms with van der Waals surface area (Å²) in [5.41, 5.74) is -0.273. The van der Waals surface area contributed by atoms with Gasteiger partial charge in [-0.2, -0.15) is 17.5 Å². The van der Waals surface area contributed by atoms with Gasteiger partial charge in [0.25, 0.3) is 0 Å². The van der Waals surface area contributed by atoms with Crippen LogP contribution < -0.4 is 5.32 Å². The molecule has 168 valence electrons. The predicted octanol–water partition coefficient (Wildman–Crippen LogP) is 4.39. The number of hydrogen-bond acceptors (Lipinski definition) is 3. The number of carbonyl (C=O) groups excluding carboxylic acids is 1. The largest absolute Gasteiger partial charge is 0.419 e. The quantitative estimate of drug-likeness (QED) is 0.648. The number of alkyl halides is 3. The molecule has 11 heteroatoms.